The highest BCUT2D eigenvalue weighted by molar-refractivity contribution is 7.92. The molecule has 0 aliphatic heterocycles. The van der Waals surface area contributed by atoms with Crippen molar-refractivity contribution in [3.8, 4) is 5.75 Å². The van der Waals surface area contributed by atoms with Gasteiger partial charge in [0.1, 0.15) is 18.3 Å². The predicted octanol–water partition coefficient (Wildman–Crippen LogP) is 3.49. The van der Waals surface area contributed by atoms with Crippen molar-refractivity contribution in [3.63, 3.8) is 0 Å². The number of rotatable bonds is 13. The number of nitrogens with one attached hydrogen (secondary N) is 1. The zero-order valence-corrected chi connectivity index (χ0v) is 22.1. The van der Waals surface area contributed by atoms with Crippen molar-refractivity contribution >= 4 is 27.5 Å². The van der Waals surface area contributed by atoms with E-state index in [-0.39, 0.29) is 18.1 Å². The molecule has 0 saturated carbocycles. The van der Waals surface area contributed by atoms with E-state index in [1.54, 1.807) is 38.1 Å². The van der Waals surface area contributed by atoms with E-state index >= 15 is 0 Å². The van der Waals surface area contributed by atoms with Crippen LogP contribution in [-0.2, 0) is 26.2 Å². The topological polar surface area (TPSA) is 96.0 Å². The van der Waals surface area contributed by atoms with E-state index < -0.39 is 28.5 Å². The van der Waals surface area contributed by atoms with Gasteiger partial charge in [-0.1, -0.05) is 49.7 Å². The first-order chi connectivity index (χ1) is 16.6. The number of unbranched alkanes of at least 4 members (excludes halogenated alkanes) is 1. The van der Waals surface area contributed by atoms with Crippen LogP contribution in [0.25, 0.3) is 0 Å². The lowest BCUT2D eigenvalue weighted by Gasteiger charge is -2.32. The van der Waals surface area contributed by atoms with Crippen molar-refractivity contribution in [1.29, 1.82) is 0 Å². The van der Waals surface area contributed by atoms with Crippen LogP contribution in [0, 0.1) is 6.92 Å². The summed E-state index contributed by atoms with van der Waals surface area (Å²) in [5, 5.41) is 2.88. The largest absolute Gasteiger partial charge is 0.492 e. The third kappa shape index (κ3) is 7.99. The molecule has 8 nitrogen and oxygen atoms in total. The number of hydrogen-bond acceptors (Lipinski definition) is 5. The van der Waals surface area contributed by atoms with Crippen LogP contribution in [0.3, 0.4) is 0 Å². The Morgan fingerprint density at radius 2 is 1.71 bits per heavy atom. The zero-order valence-electron chi connectivity index (χ0n) is 21.3. The van der Waals surface area contributed by atoms with Crippen LogP contribution in [0.2, 0.25) is 0 Å². The molecule has 2 amide bonds. The molecular formula is C26H37N3O5S. The van der Waals surface area contributed by atoms with Crippen molar-refractivity contribution < 1.29 is 22.7 Å². The summed E-state index contributed by atoms with van der Waals surface area (Å²) in [6.45, 7) is 8.01. The molecular weight excluding hydrogens is 466 g/mol. The van der Waals surface area contributed by atoms with Gasteiger partial charge in [-0.25, -0.2) is 8.42 Å². The van der Waals surface area contributed by atoms with Crippen molar-refractivity contribution in [2.45, 2.75) is 53.1 Å². The van der Waals surface area contributed by atoms with E-state index in [4.69, 9.17) is 4.74 Å². The molecule has 35 heavy (non-hydrogen) atoms. The zero-order chi connectivity index (χ0) is 26.0. The van der Waals surface area contributed by atoms with Crippen molar-refractivity contribution in [3.05, 3.63) is 59.7 Å². The number of carbonyl (C=O) groups is 2. The van der Waals surface area contributed by atoms with Gasteiger partial charge < -0.3 is 15.0 Å². The minimum absolute atomic E-state index is 0.179. The normalized spacial score (nSPS) is 12.0. The summed E-state index contributed by atoms with van der Waals surface area (Å²) in [6.07, 6.45) is 2.82. The summed E-state index contributed by atoms with van der Waals surface area (Å²) in [5.74, 6) is -0.395. The lowest BCUT2D eigenvalue weighted by Crippen LogP contribution is -2.51. The van der Waals surface area contributed by atoms with Gasteiger partial charge in [-0.2, -0.15) is 0 Å². The van der Waals surface area contributed by atoms with Crippen LogP contribution in [0.5, 0.6) is 5.75 Å². The van der Waals surface area contributed by atoms with Crippen LogP contribution in [0.1, 0.15) is 44.7 Å². The van der Waals surface area contributed by atoms with Gasteiger partial charge in [0.2, 0.25) is 21.8 Å². The van der Waals surface area contributed by atoms with E-state index in [0.29, 0.717) is 18.9 Å². The highest BCUT2D eigenvalue weighted by Crippen LogP contribution is 2.30. The monoisotopic (exact) mass is 503 g/mol. The third-order valence-electron chi connectivity index (χ3n) is 5.71. The number of anilines is 1. The highest BCUT2D eigenvalue weighted by atomic mass is 32.2. The SMILES string of the molecule is CCCCNC(=O)C(C)N(Cc1ccccc1C)C(=O)CN(c1ccccc1OCC)S(C)(=O)=O. The summed E-state index contributed by atoms with van der Waals surface area (Å²) < 4.78 is 32.2. The molecule has 0 radical (unpaired) electrons. The second kappa shape index (κ2) is 13.1. The molecule has 192 valence electrons. The second-order valence-corrected chi connectivity index (χ2v) is 10.3. The van der Waals surface area contributed by atoms with Gasteiger partial charge in [0.05, 0.1) is 18.6 Å². The summed E-state index contributed by atoms with van der Waals surface area (Å²) >= 11 is 0. The lowest BCUT2D eigenvalue weighted by molar-refractivity contribution is -0.139. The number of nitrogens with zero attached hydrogens (tertiary/aromatic N) is 2. The summed E-state index contributed by atoms with van der Waals surface area (Å²) in [7, 11) is -3.83. The number of para-hydroxylation sites is 2. The molecule has 0 aromatic heterocycles. The molecule has 2 aromatic rings. The van der Waals surface area contributed by atoms with Gasteiger partial charge in [-0.05, 0) is 50.5 Å². The van der Waals surface area contributed by atoms with Crippen LogP contribution in [-0.4, -0.2) is 57.1 Å². The average Bonchev–Trinajstić information content (AvgIpc) is 2.81. The molecule has 0 aliphatic rings. The minimum atomic E-state index is -3.83. The molecule has 0 aliphatic carbocycles. The first-order valence-electron chi connectivity index (χ1n) is 11.9. The van der Waals surface area contributed by atoms with Gasteiger partial charge in [0.25, 0.3) is 0 Å². The average molecular weight is 504 g/mol. The molecule has 0 heterocycles. The van der Waals surface area contributed by atoms with Crippen molar-refractivity contribution in [1.82, 2.24) is 10.2 Å². The minimum Gasteiger partial charge on any atom is -0.492 e. The Bertz CT molecular complexity index is 1100. The van der Waals surface area contributed by atoms with E-state index in [0.717, 1.165) is 34.5 Å². The number of aryl methyl sites for hydroxylation is 1. The Kier molecular flexibility index (Phi) is 10.6. The lowest BCUT2D eigenvalue weighted by atomic mass is 10.1. The summed E-state index contributed by atoms with van der Waals surface area (Å²) in [5.41, 5.74) is 2.14. The van der Waals surface area contributed by atoms with Crippen molar-refractivity contribution in [2.24, 2.45) is 0 Å². The van der Waals surface area contributed by atoms with Gasteiger partial charge in [-0.15, -0.1) is 0 Å². The Morgan fingerprint density at radius 1 is 1.06 bits per heavy atom. The molecule has 9 heteroatoms. The molecule has 1 unspecified atom stereocenters. The third-order valence-corrected chi connectivity index (χ3v) is 6.84. The van der Waals surface area contributed by atoms with E-state index in [1.165, 1.54) is 4.90 Å². The van der Waals surface area contributed by atoms with Gasteiger partial charge in [0, 0.05) is 13.1 Å². The molecule has 0 fully saturated rings. The number of hydrogen-bond donors (Lipinski definition) is 1. The maximum Gasteiger partial charge on any atom is 0.244 e. The predicted molar refractivity (Wildman–Crippen MR) is 139 cm³/mol. The fourth-order valence-corrected chi connectivity index (χ4v) is 4.48. The standard InChI is InChI=1S/C26H37N3O5S/c1-6-8-17-27-26(31)21(4)28(18-22-14-10-9-13-20(22)3)25(30)19-29(35(5,32)33)23-15-11-12-16-24(23)34-7-2/h9-16,21H,6-8,17-19H2,1-5H3,(H,27,31). The number of amides is 2. The van der Waals surface area contributed by atoms with Crippen LogP contribution >= 0.6 is 0 Å². The summed E-state index contributed by atoms with van der Waals surface area (Å²) in [4.78, 5) is 27.9. The fourth-order valence-electron chi connectivity index (χ4n) is 3.63. The highest BCUT2D eigenvalue weighted by Gasteiger charge is 2.31. The summed E-state index contributed by atoms with van der Waals surface area (Å²) in [6, 6.07) is 13.5. The number of benzene rings is 2. The number of ether oxygens (including phenoxy) is 1. The maximum atomic E-state index is 13.6. The first kappa shape index (κ1) is 28.2. The molecule has 0 saturated heterocycles. The van der Waals surface area contributed by atoms with E-state index in [1.807, 2.05) is 38.1 Å². The molecule has 0 spiro atoms. The van der Waals surface area contributed by atoms with Crippen molar-refractivity contribution in [2.75, 3.05) is 30.3 Å². The van der Waals surface area contributed by atoms with Crippen LogP contribution in [0.4, 0.5) is 5.69 Å². The maximum absolute atomic E-state index is 13.6. The Labute approximate surface area is 209 Å². The first-order valence-corrected chi connectivity index (χ1v) is 13.8. The van der Waals surface area contributed by atoms with E-state index in [9.17, 15) is 18.0 Å². The van der Waals surface area contributed by atoms with E-state index in [2.05, 4.69) is 5.32 Å². The Balaban J connectivity index is 2.41. The number of carbonyl (C=O) groups excluding carboxylic acids is 2. The number of sulfonamides is 1. The fraction of sp³-hybridized carbons (Fsp3) is 0.462. The Morgan fingerprint density at radius 3 is 2.34 bits per heavy atom. The van der Waals surface area contributed by atoms with Gasteiger partial charge in [0.15, 0.2) is 0 Å². The molecule has 1 N–H and O–H groups in total. The van der Waals surface area contributed by atoms with Gasteiger partial charge >= 0.3 is 0 Å². The molecule has 2 rings (SSSR count). The smallest absolute Gasteiger partial charge is 0.244 e. The van der Waals surface area contributed by atoms with Crippen LogP contribution < -0.4 is 14.4 Å². The molecule has 2 aromatic carbocycles. The molecule has 1 atom stereocenters. The Hall–Kier alpha value is -3.07. The quantitative estimate of drug-likeness (QED) is 0.422. The second-order valence-electron chi connectivity index (χ2n) is 8.44. The van der Waals surface area contributed by atoms with Crippen LogP contribution in [0.15, 0.2) is 48.5 Å². The molecule has 0 bridgehead atoms. The van der Waals surface area contributed by atoms with Gasteiger partial charge in [-0.3, -0.25) is 13.9 Å².